The average Bonchev–Trinajstić information content (AvgIpc) is 2.41. The van der Waals surface area contributed by atoms with Crippen LogP contribution in [0.4, 0.5) is 11.5 Å². The van der Waals surface area contributed by atoms with Crippen molar-refractivity contribution in [3.63, 3.8) is 0 Å². The Morgan fingerprint density at radius 2 is 2.00 bits per heavy atom. The highest BCUT2D eigenvalue weighted by molar-refractivity contribution is 6.03. The minimum Gasteiger partial charge on any atom is -0.481 e. The highest BCUT2D eigenvalue weighted by Crippen LogP contribution is 2.14. The normalized spacial score (nSPS) is 11.7. The van der Waals surface area contributed by atoms with Gasteiger partial charge in [-0.2, -0.15) is 0 Å². The van der Waals surface area contributed by atoms with Crippen LogP contribution in [0.3, 0.4) is 0 Å². The van der Waals surface area contributed by atoms with Crippen LogP contribution in [0.5, 0.6) is 0 Å². The van der Waals surface area contributed by atoms with Gasteiger partial charge in [-0.3, -0.25) is 9.59 Å². The molecule has 0 saturated carbocycles. The van der Waals surface area contributed by atoms with Crippen LogP contribution in [0.25, 0.3) is 0 Å². The highest BCUT2D eigenvalue weighted by atomic mass is 16.4. The number of hydrogen-bond donors (Lipinski definition) is 2. The predicted octanol–water partition coefficient (Wildman–Crippen LogP) is 1.59. The number of pyridine rings is 1. The number of nitrogens with zero attached hydrogens (tertiary/aromatic N) is 2. The smallest absolute Gasteiger partial charge is 0.315 e. The second-order valence-corrected chi connectivity index (χ2v) is 4.13. The maximum Gasteiger partial charge on any atom is 0.315 e. The molecule has 0 aliphatic rings. The Kier molecular flexibility index (Phi) is 5.29. The maximum atomic E-state index is 11.6. The molecule has 6 nitrogen and oxygen atoms in total. The van der Waals surface area contributed by atoms with Gasteiger partial charge in [0.1, 0.15) is 11.7 Å². The van der Waals surface area contributed by atoms with E-state index in [9.17, 15) is 9.59 Å². The molecule has 0 spiro atoms. The Bertz CT molecular complexity index is 441. The minimum atomic E-state index is -1.15. The van der Waals surface area contributed by atoms with Crippen molar-refractivity contribution < 1.29 is 14.7 Å². The number of carboxylic acid groups (broad SMARTS) is 1. The summed E-state index contributed by atoms with van der Waals surface area (Å²) in [7, 11) is 0. The van der Waals surface area contributed by atoms with Gasteiger partial charge in [-0.1, -0.05) is 0 Å². The lowest BCUT2D eigenvalue weighted by atomic mass is 10.1. The van der Waals surface area contributed by atoms with E-state index in [2.05, 4.69) is 15.2 Å². The zero-order chi connectivity index (χ0) is 14.4. The summed E-state index contributed by atoms with van der Waals surface area (Å²) in [6.45, 7) is 7.12. The number of rotatable bonds is 6. The van der Waals surface area contributed by atoms with E-state index in [0.717, 1.165) is 18.9 Å². The zero-order valence-electron chi connectivity index (χ0n) is 11.4. The average molecular weight is 265 g/mol. The Morgan fingerprint density at radius 1 is 1.37 bits per heavy atom. The van der Waals surface area contributed by atoms with E-state index < -0.39 is 17.8 Å². The third kappa shape index (κ3) is 3.94. The topological polar surface area (TPSA) is 82.5 Å². The maximum absolute atomic E-state index is 11.6. The van der Waals surface area contributed by atoms with Crippen LogP contribution in [-0.4, -0.2) is 35.1 Å². The third-order valence-electron chi connectivity index (χ3n) is 2.87. The van der Waals surface area contributed by atoms with Gasteiger partial charge in [0.05, 0.1) is 11.9 Å². The number of carbonyl (C=O) groups excluding carboxylic acids is 1. The van der Waals surface area contributed by atoms with Crippen LogP contribution in [0.2, 0.25) is 0 Å². The van der Waals surface area contributed by atoms with Gasteiger partial charge in [0, 0.05) is 13.1 Å². The summed E-state index contributed by atoms with van der Waals surface area (Å²) < 4.78 is 0. The fraction of sp³-hybridized carbons (Fsp3) is 0.462. The molecule has 1 amide bonds. The van der Waals surface area contributed by atoms with E-state index in [4.69, 9.17) is 5.11 Å². The lowest BCUT2D eigenvalue weighted by molar-refractivity contribution is -0.144. The van der Waals surface area contributed by atoms with Crippen LogP contribution in [0.1, 0.15) is 20.8 Å². The first-order chi connectivity index (χ1) is 8.99. The predicted molar refractivity (Wildman–Crippen MR) is 73.2 cm³/mol. The van der Waals surface area contributed by atoms with Crippen LogP contribution in [0, 0.1) is 5.92 Å². The van der Waals surface area contributed by atoms with Crippen LogP contribution in [-0.2, 0) is 9.59 Å². The van der Waals surface area contributed by atoms with Crippen LogP contribution in [0.15, 0.2) is 18.3 Å². The standard InChI is InChI=1S/C13H19N3O3/c1-4-16(5-2)11-7-6-10(8-14-11)15-12(17)9(3)13(18)19/h6-9H,4-5H2,1-3H3,(H,15,17)(H,18,19). The first-order valence-electron chi connectivity index (χ1n) is 6.24. The van der Waals surface area contributed by atoms with Crippen molar-refractivity contribution >= 4 is 23.4 Å². The number of aliphatic carboxylic acids is 1. The van der Waals surface area contributed by atoms with Gasteiger partial charge in [0.25, 0.3) is 0 Å². The molecule has 1 aromatic heterocycles. The molecule has 0 aliphatic heterocycles. The van der Waals surface area contributed by atoms with E-state index >= 15 is 0 Å². The van der Waals surface area contributed by atoms with E-state index in [1.807, 2.05) is 13.8 Å². The van der Waals surface area contributed by atoms with Gasteiger partial charge < -0.3 is 15.3 Å². The minimum absolute atomic E-state index is 0.494. The summed E-state index contributed by atoms with van der Waals surface area (Å²) in [6.07, 6.45) is 1.53. The van der Waals surface area contributed by atoms with Gasteiger partial charge >= 0.3 is 5.97 Å². The SMILES string of the molecule is CCN(CC)c1ccc(NC(=O)C(C)C(=O)O)cn1. The molecule has 1 heterocycles. The molecule has 19 heavy (non-hydrogen) atoms. The van der Waals surface area contributed by atoms with Gasteiger partial charge in [-0.05, 0) is 32.9 Å². The van der Waals surface area contributed by atoms with Crippen LogP contribution < -0.4 is 10.2 Å². The first kappa shape index (κ1) is 14.9. The molecule has 0 fully saturated rings. The second-order valence-electron chi connectivity index (χ2n) is 4.13. The molecule has 1 rings (SSSR count). The largest absolute Gasteiger partial charge is 0.481 e. The summed E-state index contributed by atoms with van der Waals surface area (Å²) in [4.78, 5) is 28.5. The summed E-state index contributed by atoms with van der Waals surface area (Å²) >= 11 is 0. The Labute approximate surface area is 112 Å². The molecule has 0 radical (unpaired) electrons. The molecule has 0 bridgehead atoms. The van der Waals surface area contributed by atoms with E-state index in [-0.39, 0.29) is 0 Å². The van der Waals surface area contributed by atoms with Crippen molar-refractivity contribution in [3.05, 3.63) is 18.3 Å². The lowest BCUT2D eigenvalue weighted by Crippen LogP contribution is -2.27. The number of aromatic nitrogens is 1. The van der Waals surface area contributed by atoms with Crippen molar-refractivity contribution in [1.29, 1.82) is 0 Å². The van der Waals surface area contributed by atoms with E-state index in [1.54, 1.807) is 12.1 Å². The fourth-order valence-electron chi connectivity index (χ4n) is 1.56. The van der Waals surface area contributed by atoms with E-state index in [1.165, 1.54) is 13.1 Å². The van der Waals surface area contributed by atoms with Gasteiger partial charge in [0.2, 0.25) is 5.91 Å². The molecule has 0 aromatic carbocycles. The third-order valence-corrected chi connectivity index (χ3v) is 2.87. The highest BCUT2D eigenvalue weighted by Gasteiger charge is 2.20. The second kappa shape index (κ2) is 6.72. The molecule has 1 atom stereocenters. The van der Waals surface area contributed by atoms with Crippen molar-refractivity contribution in [2.45, 2.75) is 20.8 Å². The van der Waals surface area contributed by atoms with Crippen molar-refractivity contribution in [2.24, 2.45) is 5.92 Å². The molecule has 0 aliphatic carbocycles. The number of hydrogen-bond acceptors (Lipinski definition) is 4. The van der Waals surface area contributed by atoms with Gasteiger partial charge in [-0.15, -0.1) is 0 Å². The van der Waals surface area contributed by atoms with Gasteiger partial charge in [0.15, 0.2) is 0 Å². The number of amides is 1. The van der Waals surface area contributed by atoms with Gasteiger partial charge in [-0.25, -0.2) is 4.98 Å². The number of nitrogens with one attached hydrogen (secondary N) is 1. The molecular formula is C13H19N3O3. The number of carboxylic acids is 1. The molecule has 1 aromatic rings. The quantitative estimate of drug-likeness (QED) is 0.763. The molecular weight excluding hydrogens is 246 g/mol. The Morgan fingerprint density at radius 3 is 2.42 bits per heavy atom. The monoisotopic (exact) mass is 265 g/mol. The molecule has 6 heteroatoms. The number of anilines is 2. The summed E-state index contributed by atoms with van der Waals surface area (Å²) in [5.41, 5.74) is 0.494. The fourth-order valence-corrected chi connectivity index (χ4v) is 1.56. The molecule has 2 N–H and O–H groups in total. The lowest BCUT2D eigenvalue weighted by Gasteiger charge is -2.19. The Hall–Kier alpha value is -2.11. The van der Waals surface area contributed by atoms with E-state index in [0.29, 0.717) is 5.69 Å². The van der Waals surface area contributed by atoms with Crippen molar-refractivity contribution in [2.75, 3.05) is 23.3 Å². The summed E-state index contributed by atoms with van der Waals surface area (Å²) in [6, 6.07) is 3.52. The summed E-state index contributed by atoms with van der Waals surface area (Å²) in [5.74, 6) is -1.95. The molecule has 1 unspecified atom stereocenters. The van der Waals surface area contributed by atoms with Crippen molar-refractivity contribution in [3.8, 4) is 0 Å². The first-order valence-corrected chi connectivity index (χ1v) is 6.24. The zero-order valence-corrected chi connectivity index (χ0v) is 11.4. The number of carbonyl (C=O) groups is 2. The van der Waals surface area contributed by atoms with Crippen molar-refractivity contribution in [1.82, 2.24) is 4.98 Å². The summed E-state index contributed by atoms with van der Waals surface area (Å²) in [5, 5.41) is 11.3. The Balaban J connectivity index is 2.72. The molecule has 104 valence electrons. The molecule has 0 saturated heterocycles. The van der Waals surface area contributed by atoms with Crippen LogP contribution >= 0.6 is 0 Å².